The Kier molecular flexibility index (Phi) is 6.22. The van der Waals surface area contributed by atoms with E-state index in [-0.39, 0.29) is 0 Å². The van der Waals surface area contributed by atoms with Gasteiger partial charge in [-0.2, -0.15) is 4.98 Å². The largest absolute Gasteiger partial charge is 0.496 e. The molecule has 1 heterocycles. The molecule has 0 N–H and O–H groups in total. The lowest BCUT2D eigenvalue weighted by molar-refractivity contribution is 0.235. The molecule has 0 aliphatic heterocycles. The SMILES string of the molecule is COc1ccccc1-c1noc(CN(C)CCCOc2ccccc2)n1. The summed E-state index contributed by atoms with van der Waals surface area (Å²) in [5.41, 5.74) is 0.823. The number of hydrogen-bond acceptors (Lipinski definition) is 6. The van der Waals surface area contributed by atoms with Gasteiger partial charge < -0.3 is 14.0 Å². The maximum atomic E-state index is 5.70. The molecule has 0 radical (unpaired) electrons. The standard InChI is InChI=1S/C20H23N3O3/c1-23(13-8-14-25-16-9-4-3-5-10-16)15-19-21-20(22-26-19)17-11-6-7-12-18(17)24-2/h3-7,9-12H,8,13-15H2,1-2H3. The number of benzene rings is 2. The lowest BCUT2D eigenvalue weighted by Gasteiger charge is -2.14. The molecule has 0 aliphatic carbocycles. The lowest BCUT2D eigenvalue weighted by Crippen LogP contribution is -2.21. The first-order valence-corrected chi connectivity index (χ1v) is 8.58. The highest BCUT2D eigenvalue weighted by Gasteiger charge is 2.13. The zero-order valence-electron chi connectivity index (χ0n) is 15.1. The Bertz CT molecular complexity index is 805. The maximum absolute atomic E-state index is 5.70. The first-order chi connectivity index (χ1) is 12.8. The molecule has 3 aromatic rings. The summed E-state index contributed by atoms with van der Waals surface area (Å²) in [6.07, 6.45) is 0.916. The summed E-state index contributed by atoms with van der Waals surface area (Å²) in [6, 6.07) is 17.5. The molecule has 0 amide bonds. The summed E-state index contributed by atoms with van der Waals surface area (Å²) in [5, 5.41) is 4.07. The van der Waals surface area contributed by atoms with E-state index in [1.807, 2.05) is 61.6 Å². The van der Waals surface area contributed by atoms with E-state index in [9.17, 15) is 0 Å². The van der Waals surface area contributed by atoms with Gasteiger partial charge in [0.1, 0.15) is 11.5 Å². The van der Waals surface area contributed by atoms with Crippen LogP contribution in [0.2, 0.25) is 0 Å². The predicted molar refractivity (Wildman–Crippen MR) is 99.2 cm³/mol. The van der Waals surface area contributed by atoms with Gasteiger partial charge in [0, 0.05) is 6.54 Å². The van der Waals surface area contributed by atoms with Crippen LogP contribution in [-0.2, 0) is 6.54 Å². The van der Waals surface area contributed by atoms with E-state index in [0.29, 0.717) is 24.9 Å². The summed E-state index contributed by atoms with van der Waals surface area (Å²) in [5.74, 6) is 2.75. The van der Waals surface area contributed by atoms with E-state index in [0.717, 1.165) is 30.0 Å². The van der Waals surface area contributed by atoms with Crippen LogP contribution in [0, 0.1) is 0 Å². The Morgan fingerprint density at radius 2 is 1.81 bits per heavy atom. The Morgan fingerprint density at radius 3 is 2.62 bits per heavy atom. The predicted octanol–water partition coefficient (Wildman–Crippen LogP) is 3.65. The summed E-state index contributed by atoms with van der Waals surface area (Å²) >= 11 is 0. The zero-order valence-corrected chi connectivity index (χ0v) is 15.1. The van der Waals surface area contributed by atoms with Crippen LogP contribution in [-0.4, -0.2) is 42.3 Å². The normalized spacial score (nSPS) is 10.9. The van der Waals surface area contributed by atoms with Crippen LogP contribution in [0.5, 0.6) is 11.5 Å². The minimum Gasteiger partial charge on any atom is -0.496 e. The molecule has 2 aromatic carbocycles. The number of aromatic nitrogens is 2. The second-order valence-corrected chi connectivity index (χ2v) is 5.96. The summed E-state index contributed by atoms with van der Waals surface area (Å²) in [6.45, 7) is 2.14. The van der Waals surface area contributed by atoms with Gasteiger partial charge >= 0.3 is 0 Å². The van der Waals surface area contributed by atoms with Crippen LogP contribution >= 0.6 is 0 Å². The third-order valence-electron chi connectivity index (χ3n) is 3.92. The van der Waals surface area contributed by atoms with Crippen molar-refractivity contribution in [1.29, 1.82) is 0 Å². The maximum Gasteiger partial charge on any atom is 0.241 e. The van der Waals surface area contributed by atoms with Gasteiger partial charge in [0.15, 0.2) is 0 Å². The minimum atomic E-state index is 0.540. The second kappa shape index (κ2) is 9.01. The van der Waals surface area contributed by atoms with E-state index in [2.05, 4.69) is 15.0 Å². The number of nitrogens with zero attached hydrogens (tertiary/aromatic N) is 3. The third-order valence-corrected chi connectivity index (χ3v) is 3.92. The van der Waals surface area contributed by atoms with Gasteiger partial charge in [-0.05, 0) is 37.7 Å². The number of methoxy groups -OCH3 is 1. The Hall–Kier alpha value is -2.86. The molecule has 0 bridgehead atoms. The van der Waals surface area contributed by atoms with Crippen molar-refractivity contribution in [2.75, 3.05) is 27.3 Å². The number of rotatable bonds is 9. The zero-order chi connectivity index (χ0) is 18.2. The molecule has 6 heteroatoms. The van der Waals surface area contributed by atoms with Gasteiger partial charge in [0.25, 0.3) is 0 Å². The molecule has 0 atom stereocenters. The fourth-order valence-corrected chi connectivity index (χ4v) is 2.61. The number of para-hydroxylation sites is 2. The highest BCUT2D eigenvalue weighted by Crippen LogP contribution is 2.27. The van der Waals surface area contributed by atoms with Gasteiger partial charge in [-0.1, -0.05) is 35.5 Å². The van der Waals surface area contributed by atoms with Crippen LogP contribution in [0.1, 0.15) is 12.3 Å². The second-order valence-electron chi connectivity index (χ2n) is 5.96. The summed E-state index contributed by atoms with van der Waals surface area (Å²) in [4.78, 5) is 6.61. The molecule has 3 rings (SSSR count). The Labute approximate surface area is 153 Å². The molecule has 6 nitrogen and oxygen atoms in total. The Balaban J connectivity index is 1.47. The average Bonchev–Trinajstić information content (AvgIpc) is 3.14. The molecule has 136 valence electrons. The van der Waals surface area contributed by atoms with E-state index >= 15 is 0 Å². The fourth-order valence-electron chi connectivity index (χ4n) is 2.61. The fraction of sp³-hybridized carbons (Fsp3) is 0.300. The van der Waals surface area contributed by atoms with Crippen LogP contribution in [0.15, 0.2) is 59.1 Å². The third kappa shape index (κ3) is 4.83. The van der Waals surface area contributed by atoms with E-state index in [1.165, 1.54) is 0 Å². The molecule has 0 unspecified atom stereocenters. The smallest absolute Gasteiger partial charge is 0.241 e. The van der Waals surface area contributed by atoms with Crippen molar-refractivity contribution in [3.05, 3.63) is 60.5 Å². The van der Waals surface area contributed by atoms with Gasteiger partial charge in [-0.15, -0.1) is 0 Å². The van der Waals surface area contributed by atoms with Crippen molar-refractivity contribution < 1.29 is 14.0 Å². The van der Waals surface area contributed by atoms with Gasteiger partial charge in [-0.25, -0.2) is 0 Å². The lowest BCUT2D eigenvalue weighted by atomic mass is 10.2. The van der Waals surface area contributed by atoms with Crippen molar-refractivity contribution in [2.24, 2.45) is 0 Å². The van der Waals surface area contributed by atoms with Crippen molar-refractivity contribution in [3.8, 4) is 22.9 Å². The number of ether oxygens (including phenoxy) is 2. The van der Waals surface area contributed by atoms with Gasteiger partial charge in [0.2, 0.25) is 11.7 Å². The van der Waals surface area contributed by atoms with E-state index in [1.54, 1.807) is 7.11 Å². The van der Waals surface area contributed by atoms with Crippen molar-refractivity contribution in [2.45, 2.75) is 13.0 Å². The van der Waals surface area contributed by atoms with Gasteiger partial charge in [-0.3, -0.25) is 4.90 Å². The summed E-state index contributed by atoms with van der Waals surface area (Å²) < 4.78 is 16.4. The molecule has 1 aromatic heterocycles. The molecular weight excluding hydrogens is 330 g/mol. The van der Waals surface area contributed by atoms with Crippen LogP contribution in [0.4, 0.5) is 0 Å². The Morgan fingerprint density at radius 1 is 1.04 bits per heavy atom. The van der Waals surface area contributed by atoms with E-state index in [4.69, 9.17) is 14.0 Å². The van der Waals surface area contributed by atoms with Crippen LogP contribution < -0.4 is 9.47 Å². The van der Waals surface area contributed by atoms with Crippen molar-refractivity contribution >= 4 is 0 Å². The highest BCUT2D eigenvalue weighted by atomic mass is 16.5. The quantitative estimate of drug-likeness (QED) is 0.547. The molecule has 26 heavy (non-hydrogen) atoms. The molecule has 0 fully saturated rings. The topological polar surface area (TPSA) is 60.6 Å². The molecule has 0 spiro atoms. The first-order valence-electron chi connectivity index (χ1n) is 8.58. The molecule has 0 aliphatic rings. The summed E-state index contributed by atoms with van der Waals surface area (Å²) in [7, 11) is 3.65. The van der Waals surface area contributed by atoms with E-state index < -0.39 is 0 Å². The molecule has 0 saturated heterocycles. The average molecular weight is 353 g/mol. The van der Waals surface area contributed by atoms with Gasteiger partial charge in [0.05, 0.1) is 25.8 Å². The minimum absolute atomic E-state index is 0.540. The molecule has 0 saturated carbocycles. The number of hydrogen-bond donors (Lipinski definition) is 0. The molecular formula is C20H23N3O3. The highest BCUT2D eigenvalue weighted by molar-refractivity contribution is 5.63. The monoisotopic (exact) mass is 353 g/mol. The van der Waals surface area contributed by atoms with Crippen molar-refractivity contribution in [3.63, 3.8) is 0 Å². The van der Waals surface area contributed by atoms with Crippen LogP contribution in [0.25, 0.3) is 11.4 Å². The van der Waals surface area contributed by atoms with Crippen molar-refractivity contribution in [1.82, 2.24) is 15.0 Å². The van der Waals surface area contributed by atoms with Crippen LogP contribution in [0.3, 0.4) is 0 Å². The first kappa shape index (κ1) is 17.9.